The normalized spacial score (nSPS) is 20.5. The molecule has 1 heterocycles. The van der Waals surface area contributed by atoms with Crippen LogP contribution < -0.4 is 4.74 Å². The van der Waals surface area contributed by atoms with Crippen LogP contribution in [0.2, 0.25) is 0 Å². The number of hydrogen-bond donors (Lipinski definition) is 1. The van der Waals surface area contributed by atoms with Gasteiger partial charge in [0.05, 0.1) is 6.61 Å². The molecule has 21 heavy (non-hydrogen) atoms. The van der Waals surface area contributed by atoms with Crippen molar-refractivity contribution in [2.45, 2.75) is 31.8 Å². The van der Waals surface area contributed by atoms with Gasteiger partial charge >= 0.3 is 0 Å². The molecule has 0 radical (unpaired) electrons. The first-order valence-electron chi connectivity index (χ1n) is 7.90. The van der Waals surface area contributed by atoms with E-state index >= 15 is 0 Å². The maximum atomic E-state index is 8.82. The van der Waals surface area contributed by atoms with Crippen LogP contribution >= 0.6 is 0 Å². The molecule has 1 N–H and O–H groups in total. The lowest BCUT2D eigenvalue weighted by atomic mass is 10.1. The Hall–Kier alpha value is -1.10. The van der Waals surface area contributed by atoms with E-state index in [1.54, 1.807) is 0 Å². The Labute approximate surface area is 128 Å². The molecule has 0 unspecified atom stereocenters. The molecule has 1 saturated heterocycles. The smallest absolute Gasteiger partial charge is 0.119 e. The van der Waals surface area contributed by atoms with E-state index in [2.05, 4.69) is 36.0 Å². The second-order valence-electron chi connectivity index (χ2n) is 6.04. The first kappa shape index (κ1) is 16.3. The third kappa shape index (κ3) is 5.30. The molecule has 1 aliphatic heterocycles. The average molecular weight is 292 g/mol. The van der Waals surface area contributed by atoms with Crippen molar-refractivity contribution >= 4 is 0 Å². The van der Waals surface area contributed by atoms with E-state index < -0.39 is 0 Å². The fraction of sp³-hybridized carbons (Fsp3) is 0.647. The minimum Gasteiger partial charge on any atom is -0.491 e. The number of aliphatic hydroxyl groups is 1. The predicted octanol–water partition coefficient (Wildman–Crippen LogP) is 1.97. The summed E-state index contributed by atoms with van der Waals surface area (Å²) in [5, 5.41) is 8.82. The van der Waals surface area contributed by atoms with E-state index in [0.29, 0.717) is 12.6 Å². The number of likely N-dealkylation sites (tertiary alicyclic amines) is 1. The van der Waals surface area contributed by atoms with E-state index in [0.717, 1.165) is 18.8 Å². The molecule has 4 heteroatoms. The lowest BCUT2D eigenvalue weighted by molar-refractivity contribution is 0.201. The quantitative estimate of drug-likeness (QED) is 0.869. The Balaban J connectivity index is 1.89. The van der Waals surface area contributed by atoms with Crippen LogP contribution in [0.15, 0.2) is 24.3 Å². The molecule has 1 fully saturated rings. The summed E-state index contributed by atoms with van der Waals surface area (Å²) >= 11 is 0. The zero-order valence-corrected chi connectivity index (χ0v) is 13.3. The number of rotatable bonds is 6. The molecular formula is C17H28N2O2. The van der Waals surface area contributed by atoms with E-state index in [9.17, 15) is 0 Å². The van der Waals surface area contributed by atoms with E-state index in [1.165, 1.54) is 31.4 Å². The maximum Gasteiger partial charge on any atom is 0.119 e. The van der Waals surface area contributed by atoms with Gasteiger partial charge in [0.25, 0.3) is 0 Å². The highest BCUT2D eigenvalue weighted by atomic mass is 16.5. The molecule has 1 aliphatic rings. The van der Waals surface area contributed by atoms with Gasteiger partial charge in [-0.2, -0.15) is 0 Å². The molecule has 2 rings (SSSR count). The largest absolute Gasteiger partial charge is 0.491 e. The van der Waals surface area contributed by atoms with Gasteiger partial charge in [-0.25, -0.2) is 0 Å². The third-order valence-electron chi connectivity index (χ3n) is 4.19. The van der Waals surface area contributed by atoms with Crippen LogP contribution in [0.1, 0.15) is 24.8 Å². The molecule has 0 saturated carbocycles. The Bertz CT molecular complexity index is 423. The van der Waals surface area contributed by atoms with Gasteiger partial charge in [0, 0.05) is 12.6 Å². The Morgan fingerprint density at radius 3 is 2.90 bits per heavy atom. The van der Waals surface area contributed by atoms with Gasteiger partial charge in [-0.15, -0.1) is 0 Å². The topological polar surface area (TPSA) is 35.9 Å². The van der Waals surface area contributed by atoms with Crippen molar-refractivity contribution in [1.82, 2.24) is 9.80 Å². The zero-order valence-electron chi connectivity index (χ0n) is 13.3. The Morgan fingerprint density at radius 2 is 2.14 bits per heavy atom. The van der Waals surface area contributed by atoms with Crippen LogP contribution in [0.25, 0.3) is 0 Å². The molecule has 0 aliphatic carbocycles. The highest BCUT2D eigenvalue weighted by Gasteiger charge is 2.18. The highest BCUT2D eigenvalue weighted by Crippen LogP contribution is 2.19. The maximum absolute atomic E-state index is 8.82. The first-order chi connectivity index (χ1) is 10.2. The zero-order chi connectivity index (χ0) is 15.1. The predicted molar refractivity (Wildman–Crippen MR) is 85.6 cm³/mol. The molecule has 0 spiro atoms. The summed E-state index contributed by atoms with van der Waals surface area (Å²) < 4.78 is 5.48. The molecule has 1 aromatic carbocycles. The first-order valence-corrected chi connectivity index (χ1v) is 7.90. The van der Waals surface area contributed by atoms with Gasteiger partial charge in [0.1, 0.15) is 12.4 Å². The molecular weight excluding hydrogens is 264 g/mol. The molecule has 118 valence electrons. The summed E-state index contributed by atoms with van der Waals surface area (Å²) in [7, 11) is 4.37. The molecule has 1 aromatic rings. The molecule has 1 atom stereocenters. The summed E-state index contributed by atoms with van der Waals surface area (Å²) in [6.07, 6.45) is 3.81. The van der Waals surface area contributed by atoms with Gasteiger partial charge in [0.15, 0.2) is 0 Å². The summed E-state index contributed by atoms with van der Waals surface area (Å²) in [5.74, 6) is 0.850. The lowest BCUT2D eigenvalue weighted by Crippen LogP contribution is -2.29. The van der Waals surface area contributed by atoms with Gasteiger partial charge in [-0.05, 0) is 64.1 Å². The SMILES string of the molecule is CN(C)[C@H]1CCCN(Cc2cccc(OCCO)c2)CC1. The number of ether oxygens (including phenoxy) is 1. The Morgan fingerprint density at radius 1 is 1.29 bits per heavy atom. The highest BCUT2D eigenvalue weighted by molar-refractivity contribution is 5.28. The van der Waals surface area contributed by atoms with E-state index in [1.807, 2.05) is 12.1 Å². The van der Waals surface area contributed by atoms with Crippen molar-refractivity contribution in [1.29, 1.82) is 0 Å². The summed E-state index contributed by atoms with van der Waals surface area (Å²) in [4.78, 5) is 4.89. The van der Waals surface area contributed by atoms with Crippen molar-refractivity contribution in [3.8, 4) is 5.75 Å². The fourth-order valence-electron chi connectivity index (χ4n) is 2.97. The van der Waals surface area contributed by atoms with Crippen molar-refractivity contribution < 1.29 is 9.84 Å². The number of nitrogens with zero attached hydrogens (tertiary/aromatic N) is 2. The van der Waals surface area contributed by atoms with Crippen LogP contribution in [-0.2, 0) is 6.54 Å². The van der Waals surface area contributed by atoms with Gasteiger partial charge in [0.2, 0.25) is 0 Å². The standard InChI is InChI=1S/C17H28N2O2/c1-18(2)16-6-4-9-19(10-8-16)14-15-5-3-7-17(13-15)21-12-11-20/h3,5,7,13,16,20H,4,6,8-12,14H2,1-2H3/t16-/m0/s1. The number of aliphatic hydroxyl groups excluding tert-OH is 1. The van der Waals surface area contributed by atoms with Crippen molar-refractivity contribution in [2.75, 3.05) is 40.4 Å². The van der Waals surface area contributed by atoms with Crippen LogP contribution in [0, 0.1) is 0 Å². The summed E-state index contributed by atoms with van der Waals surface area (Å²) in [6.45, 7) is 3.73. The Kier molecular flexibility index (Phi) is 6.49. The average Bonchev–Trinajstić information content (AvgIpc) is 2.71. The molecule has 4 nitrogen and oxygen atoms in total. The number of benzene rings is 1. The fourth-order valence-corrected chi connectivity index (χ4v) is 2.97. The van der Waals surface area contributed by atoms with E-state index in [4.69, 9.17) is 9.84 Å². The summed E-state index contributed by atoms with van der Waals surface area (Å²) in [5.41, 5.74) is 1.29. The second kappa shape index (κ2) is 8.37. The minimum absolute atomic E-state index is 0.0578. The molecule has 0 aromatic heterocycles. The van der Waals surface area contributed by atoms with E-state index in [-0.39, 0.29) is 6.61 Å². The minimum atomic E-state index is 0.0578. The van der Waals surface area contributed by atoms with Gasteiger partial charge < -0.3 is 14.7 Å². The number of hydrogen-bond acceptors (Lipinski definition) is 4. The van der Waals surface area contributed by atoms with Gasteiger partial charge in [-0.1, -0.05) is 12.1 Å². The van der Waals surface area contributed by atoms with Crippen molar-refractivity contribution in [3.05, 3.63) is 29.8 Å². The lowest BCUT2D eigenvalue weighted by Gasteiger charge is -2.23. The summed E-state index contributed by atoms with van der Waals surface area (Å²) in [6, 6.07) is 8.94. The van der Waals surface area contributed by atoms with Crippen LogP contribution in [0.3, 0.4) is 0 Å². The van der Waals surface area contributed by atoms with Crippen LogP contribution in [0.5, 0.6) is 5.75 Å². The third-order valence-corrected chi connectivity index (χ3v) is 4.19. The van der Waals surface area contributed by atoms with Crippen LogP contribution in [-0.4, -0.2) is 61.3 Å². The molecule has 0 amide bonds. The monoisotopic (exact) mass is 292 g/mol. The van der Waals surface area contributed by atoms with Gasteiger partial charge in [-0.3, -0.25) is 4.90 Å². The van der Waals surface area contributed by atoms with Crippen molar-refractivity contribution in [3.63, 3.8) is 0 Å². The van der Waals surface area contributed by atoms with Crippen molar-refractivity contribution in [2.24, 2.45) is 0 Å². The second-order valence-corrected chi connectivity index (χ2v) is 6.04. The van der Waals surface area contributed by atoms with Crippen LogP contribution in [0.4, 0.5) is 0 Å². The molecule has 0 bridgehead atoms.